The van der Waals surface area contributed by atoms with Gasteiger partial charge in [0.1, 0.15) is 5.75 Å². The van der Waals surface area contributed by atoms with Crippen LogP contribution in [0, 0.1) is 0 Å². The molecule has 1 fully saturated rings. The van der Waals surface area contributed by atoms with Crippen LogP contribution in [0.2, 0.25) is 0 Å². The van der Waals surface area contributed by atoms with Crippen LogP contribution in [0.4, 0.5) is 5.82 Å². The Balaban J connectivity index is 1.45. The molecule has 150 valence electrons. The number of carbonyl (C=O) groups is 1. The monoisotopic (exact) mass is 384 g/mol. The molecule has 1 aromatic heterocycles. The normalized spacial score (nSPS) is 14.3. The van der Waals surface area contributed by atoms with Crippen LogP contribution in [-0.4, -0.2) is 60.4 Å². The van der Waals surface area contributed by atoms with Crippen molar-refractivity contribution in [3.63, 3.8) is 0 Å². The molecule has 1 aromatic carbocycles. The molecule has 0 spiro atoms. The van der Waals surface area contributed by atoms with Crippen LogP contribution in [-0.2, 0) is 4.79 Å². The van der Waals surface area contributed by atoms with Crippen LogP contribution < -0.4 is 14.4 Å². The number of nitrogens with zero attached hydrogens (tertiary/aromatic N) is 4. The Bertz CT molecular complexity index is 754. The summed E-state index contributed by atoms with van der Waals surface area (Å²) in [7, 11) is 0. The minimum atomic E-state index is 0.00497. The molecule has 1 saturated heterocycles. The second-order valence-corrected chi connectivity index (χ2v) is 7.04. The number of amides is 1. The third-order valence-electron chi connectivity index (χ3n) is 4.78. The van der Waals surface area contributed by atoms with Gasteiger partial charge >= 0.3 is 0 Å². The van der Waals surface area contributed by atoms with E-state index in [1.165, 1.54) is 5.56 Å². The second kappa shape index (κ2) is 9.39. The summed E-state index contributed by atoms with van der Waals surface area (Å²) in [5, 5.41) is 8.27. The minimum absolute atomic E-state index is 0.00497. The Kier molecular flexibility index (Phi) is 6.68. The lowest BCUT2D eigenvalue weighted by Gasteiger charge is -2.35. The predicted molar refractivity (Wildman–Crippen MR) is 108 cm³/mol. The zero-order valence-electron chi connectivity index (χ0n) is 16.8. The Hall–Kier alpha value is -2.83. The lowest BCUT2D eigenvalue weighted by molar-refractivity contribution is -0.133. The highest BCUT2D eigenvalue weighted by molar-refractivity contribution is 5.78. The SMILES string of the molecule is CCOc1ccc(N2CCN(C(=O)COc3ccc(C(C)C)cc3)CC2)nn1. The van der Waals surface area contributed by atoms with Crippen molar-refractivity contribution in [1.82, 2.24) is 15.1 Å². The zero-order valence-corrected chi connectivity index (χ0v) is 16.8. The number of hydrogen-bond donors (Lipinski definition) is 0. The van der Waals surface area contributed by atoms with Gasteiger partial charge in [-0.1, -0.05) is 26.0 Å². The Morgan fingerprint density at radius 3 is 2.29 bits per heavy atom. The van der Waals surface area contributed by atoms with Crippen molar-refractivity contribution < 1.29 is 14.3 Å². The van der Waals surface area contributed by atoms with Gasteiger partial charge < -0.3 is 19.3 Å². The van der Waals surface area contributed by atoms with Crippen LogP contribution in [0.25, 0.3) is 0 Å². The van der Waals surface area contributed by atoms with E-state index in [9.17, 15) is 4.79 Å². The van der Waals surface area contributed by atoms with Gasteiger partial charge in [-0.05, 0) is 36.6 Å². The summed E-state index contributed by atoms with van der Waals surface area (Å²) in [6, 6.07) is 11.7. The van der Waals surface area contributed by atoms with Crippen LogP contribution in [0.1, 0.15) is 32.3 Å². The van der Waals surface area contributed by atoms with E-state index in [0.717, 1.165) is 24.7 Å². The van der Waals surface area contributed by atoms with E-state index in [4.69, 9.17) is 9.47 Å². The highest BCUT2D eigenvalue weighted by Gasteiger charge is 2.22. The number of anilines is 1. The van der Waals surface area contributed by atoms with E-state index >= 15 is 0 Å². The smallest absolute Gasteiger partial charge is 0.260 e. The molecule has 0 bridgehead atoms. The topological polar surface area (TPSA) is 67.8 Å². The maximum atomic E-state index is 12.4. The molecule has 2 aromatic rings. The van der Waals surface area contributed by atoms with Crippen molar-refractivity contribution in [3.8, 4) is 11.6 Å². The number of benzene rings is 1. The van der Waals surface area contributed by atoms with Gasteiger partial charge in [-0.15, -0.1) is 10.2 Å². The minimum Gasteiger partial charge on any atom is -0.484 e. The van der Waals surface area contributed by atoms with E-state index in [1.54, 1.807) is 0 Å². The van der Waals surface area contributed by atoms with Crippen LogP contribution in [0.15, 0.2) is 36.4 Å². The fraction of sp³-hybridized carbons (Fsp3) is 0.476. The quantitative estimate of drug-likeness (QED) is 0.731. The fourth-order valence-corrected chi connectivity index (χ4v) is 3.08. The summed E-state index contributed by atoms with van der Waals surface area (Å²) in [4.78, 5) is 16.4. The van der Waals surface area contributed by atoms with E-state index in [2.05, 4.69) is 28.9 Å². The number of hydrogen-bond acceptors (Lipinski definition) is 6. The van der Waals surface area contributed by atoms with Crippen LogP contribution in [0.5, 0.6) is 11.6 Å². The van der Waals surface area contributed by atoms with Gasteiger partial charge in [0, 0.05) is 32.2 Å². The Morgan fingerprint density at radius 1 is 1.00 bits per heavy atom. The molecule has 7 heteroatoms. The molecule has 2 heterocycles. The van der Waals surface area contributed by atoms with Gasteiger partial charge in [0.25, 0.3) is 5.91 Å². The van der Waals surface area contributed by atoms with E-state index in [0.29, 0.717) is 31.5 Å². The maximum absolute atomic E-state index is 12.4. The summed E-state index contributed by atoms with van der Waals surface area (Å²) in [6.07, 6.45) is 0. The van der Waals surface area contributed by atoms with Gasteiger partial charge in [0.05, 0.1) is 6.61 Å². The Labute approximate surface area is 166 Å². The molecule has 1 amide bonds. The number of aromatic nitrogens is 2. The third kappa shape index (κ3) is 5.12. The second-order valence-electron chi connectivity index (χ2n) is 7.04. The molecule has 0 unspecified atom stereocenters. The molecule has 0 saturated carbocycles. The molecule has 0 atom stereocenters. The number of piperazine rings is 1. The highest BCUT2D eigenvalue weighted by atomic mass is 16.5. The first-order valence-corrected chi connectivity index (χ1v) is 9.79. The molecule has 0 aliphatic carbocycles. The van der Waals surface area contributed by atoms with Crippen molar-refractivity contribution >= 4 is 11.7 Å². The first-order valence-electron chi connectivity index (χ1n) is 9.79. The standard InChI is InChI=1S/C21H28N4O3/c1-4-27-20-10-9-19(22-23-20)24-11-13-25(14-12-24)21(26)15-28-18-7-5-17(6-8-18)16(2)3/h5-10,16H,4,11-15H2,1-3H3. The van der Waals surface area contributed by atoms with Crippen LogP contribution in [0.3, 0.4) is 0 Å². The van der Waals surface area contributed by atoms with Gasteiger partial charge in [0.2, 0.25) is 5.88 Å². The average Bonchev–Trinajstić information content (AvgIpc) is 2.73. The lowest BCUT2D eigenvalue weighted by atomic mass is 10.0. The lowest BCUT2D eigenvalue weighted by Crippen LogP contribution is -2.50. The van der Waals surface area contributed by atoms with Crippen molar-refractivity contribution in [2.24, 2.45) is 0 Å². The third-order valence-corrected chi connectivity index (χ3v) is 4.78. The predicted octanol–water partition coefficient (Wildman–Crippen LogP) is 2.73. The summed E-state index contributed by atoms with van der Waals surface area (Å²) in [6.45, 7) is 9.57. The number of rotatable bonds is 7. The summed E-state index contributed by atoms with van der Waals surface area (Å²) in [5.74, 6) is 2.54. The molecular formula is C21H28N4O3. The van der Waals surface area contributed by atoms with E-state index in [-0.39, 0.29) is 12.5 Å². The van der Waals surface area contributed by atoms with Crippen LogP contribution >= 0.6 is 0 Å². The molecule has 1 aliphatic rings. The van der Waals surface area contributed by atoms with Gasteiger partial charge in [-0.3, -0.25) is 4.79 Å². The number of carbonyl (C=O) groups excluding carboxylic acids is 1. The summed E-state index contributed by atoms with van der Waals surface area (Å²) in [5.41, 5.74) is 1.26. The largest absolute Gasteiger partial charge is 0.484 e. The van der Waals surface area contributed by atoms with Gasteiger partial charge in [-0.2, -0.15) is 0 Å². The van der Waals surface area contributed by atoms with E-state index in [1.807, 2.05) is 48.2 Å². The molecule has 0 N–H and O–H groups in total. The van der Waals surface area contributed by atoms with Crippen molar-refractivity contribution in [2.45, 2.75) is 26.7 Å². The first kappa shape index (κ1) is 19.9. The van der Waals surface area contributed by atoms with Crippen molar-refractivity contribution in [1.29, 1.82) is 0 Å². The van der Waals surface area contributed by atoms with Gasteiger partial charge in [-0.25, -0.2) is 0 Å². The van der Waals surface area contributed by atoms with Gasteiger partial charge in [0.15, 0.2) is 12.4 Å². The summed E-state index contributed by atoms with van der Waals surface area (Å²) >= 11 is 0. The highest BCUT2D eigenvalue weighted by Crippen LogP contribution is 2.19. The van der Waals surface area contributed by atoms with Crippen molar-refractivity contribution in [2.75, 3.05) is 44.3 Å². The molecule has 7 nitrogen and oxygen atoms in total. The van der Waals surface area contributed by atoms with E-state index < -0.39 is 0 Å². The first-order chi connectivity index (χ1) is 13.6. The van der Waals surface area contributed by atoms with Crippen molar-refractivity contribution in [3.05, 3.63) is 42.0 Å². The number of ether oxygens (including phenoxy) is 2. The molecule has 28 heavy (non-hydrogen) atoms. The average molecular weight is 384 g/mol. The zero-order chi connectivity index (χ0) is 19.9. The molecule has 3 rings (SSSR count). The maximum Gasteiger partial charge on any atom is 0.260 e. The molecule has 0 radical (unpaired) electrons. The molecule has 1 aliphatic heterocycles. The molecular weight excluding hydrogens is 356 g/mol. The summed E-state index contributed by atoms with van der Waals surface area (Å²) < 4.78 is 11.0. The Morgan fingerprint density at radius 2 is 1.71 bits per heavy atom. The fourth-order valence-electron chi connectivity index (χ4n) is 3.08.